The number of nitro benzene ring substituents is 1. The average Bonchev–Trinajstić information content (AvgIpc) is 3.09. The standard InChI is InChI=1S/C18H18N2O4/c21-18(13-5-9-15(10-6-13)20(22)23)19-14-7-11-17(12-8-14)24-16-3-1-2-4-16/h5-12,16H,1-4H2,(H,19,21). The number of nitro groups is 1. The maximum atomic E-state index is 12.1. The summed E-state index contributed by atoms with van der Waals surface area (Å²) in [6, 6.07) is 12.7. The lowest BCUT2D eigenvalue weighted by atomic mass is 10.2. The lowest BCUT2D eigenvalue weighted by Gasteiger charge is -2.13. The number of ether oxygens (including phenoxy) is 1. The van der Waals surface area contributed by atoms with E-state index in [1.54, 1.807) is 12.1 Å². The van der Waals surface area contributed by atoms with Crippen molar-refractivity contribution >= 4 is 17.3 Å². The molecule has 0 unspecified atom stereocenters. The van der Waals surface area contributed by atoms with E-state index < -0.39 is 4.92 Å². The first-order chi connectivity index (χ1) is 11.6. The van der Waals surface area contributed by atoms with Crippen LogP contribution in [0.1, 0.15) is 36.0 Å². The van der Waals surface area contributed by atoms with Crippen LogP contribution in [0.3, 0.4) is 0 Å². The van der Waals surface area contributed by atoms with E-state index in [4.69, 9.17) is 4.74 Å². The number of hydrogen-bond acceptors (Lipinski definition) is 4. The number of anilines is 1. The van der Waals surface area contributed by atoms with Gasteiger partial charge in [0, 0.05) is 23.4 Å². The maximum Gasteiger partial charge on any atom is 0.269 e. The summed E-state index contributed by atoms with van der Waals surface area (Å²) in [6.45, 7) is 0. The number of carbonyl (C=O) groups is 1. The first-order valence-corrected chi connectivity index (χ1v) is 7.94. The molecule has 24 heavy (non-hydrogen) atoms. The minimum Gasteiger partial charge on any atom is -0.490 e. The zero-order chi connectivity index (χ0) is 16.9. The molecule has 0 aliphatic heterocycles. The van der Waals surface area contributed by atoms with Crippen LogP contribution in [-0.2, 0) is 0 Å². The van der Waals surface area contributed by atoms with Gasteiger partial charge in [0.2, 0.25) is 0 Å². The Morgan fingerprint density at radius 2 is 1.67 bits per heavy atom. The van der Waals surface area contributed by atoms with Gasteiger partial charge in [-0.05, 0) is 62.1 Å². The SMILES string of the molecule is O=C(Nc1ccc(OC2CCCC2)cc1)c1ccc([N+](=O)[O-])cc1. The molecule has 0 spiro atoms. The van der Waals surface area contributed by atoms with Crippen LogP contribution in [0.5, 0.6) is 5.75 Å². The molecule has 3 rings (SSSR count). The van der Waals surface area contributed by atoms with Crippen LogP contribution in [0.2, 0.25) is 0 Å². The molecule has 0 radical (unpaired) electrons. The second-order valence-electron chi connectivity index (χ2n) is 5.81. The Labute approximate surface area is 139 Å². The summed E-state index contributed by atoms with van der Waals surface area (Å²) >= 11 is 0. The topological polar surface area (TPSA) is 81.5 Å². The summed E-state index contributed by atoms with van der Waals surface area (Å²) in [7, 11) is 0. The third kappa shape index (κ3) is 3.90. The normalized spacial score (nSPS) is 14.3. The van der Waals surface area contributed by atoms with Crippen molar-refractivity contribution in [3.8, 4) is 5.75 Å². The Morgan fingerprint density at radius 3 is 2.25 bits per heavy atom. The molecule has 0 saturated heterocycles. The smallest absolute Gasteiger partial charge is 0.269 e. The van der Waals surface area contributed by atoms with E-state index in [9.17, 15) is 14.9 Å². The first kappa shape index (κ1) is 16.0. The van der Waals surface area contributed by atoms with Crippen LogP contribution in [0.25, 0.3) is 0 Å². The molecule has 6 nitrogen and oxygen atoms in total. The molecule has 1 N–H and O–H groups in total. The monoisotopic (exact) mass is 326 g/mol. The predicted octanol–water partition coefficient (Wildman–Crippen LogP) is 4.17. The second kappa shape index (κ2) is 7.12. The third-order valence-corrected chi connectivity index (χ3v) is 4.06. The highest BCUT2D eigenvalue weighted by Gasteiger charge is 2.16. The van der Waals surface area contributed by atoms with Crippen molar-refractivity contribution in [2.24, 2.45) is 0 Å². The fourth-order valence-corrected chi connectivity index (χ4v) is 2.75. The largest absolute Gasteiger partial charge is 0.490 e. The zero-order valence-corrected chi connectivity index (χ0v) is 13.1. The molecule has 0 heterocycles. The van der Waals surface area contributed by atoms with E-state index >= 15 is 0 Å². The molecule has 124 valence electrons. The molecule has 1 aliphatic carbocycles. The highest BCUT2D eigenvalue weighted by molar-refractivity contribution is 6.04. The predicted molar refractivity (Wildman–Crippen MR) is 90.4 cm³/mol. The molecule has 2 aromatic carbocycles. The van der Waals surface area contributed by atoms with Crippen molar-refractivity contribution in [2.45, 2.75) is 31.8 Å². The van der Waals surface area contributed by atoms with E-state index in [-0.39, 0.29) is 11.6 Å². The van der Waals surface area contributed by atoms with Crippen LogP contribution in [0.4, 0.5) is 11.4 Å². The van der Waals surface area contributed by atoms with Crippen molar-refractivity contribution in [2.75, 3.05) is 5.32 Å². The van der Waals surface area contributed by atoms with Crippen molar-refractivity contribution in [3.05, 3.63) is 64.2 Å². The van der Waals surface area contributed by atoms with Gasteiger partial charge in [0.1, 0.15) is 5.75 Å². The summed E-state index contributed by atoms with van der Waals surface area (Å²) in [6.07, 6.45) is 4.92. The summed E-state index contributed by atoms with van der Waals surface area (Å²) in [5.41, 5.74) is 0.976. The number of nitrogens with zero attached hydrogens (tertiary/aromatic N) is 1. The lowest BCUT2D eigenvalue weighted by molar-refractivity contribution is -0.384. The van der Waals surface area contributed by atoms with Gasteiger partial charge in [-0.15, -0.1) is 0 Å². The molecule has 1 saturated carbocycles. The van der Waals surface area contributed by atoms with E-state index in [1.807, 2.05) is 12.1 Å². The van der Waals surface area contributed by atoms with Crippen LogP contribution in [0, 0.1) is 10.1 Å². The number of amides is 1. The minimum absolute atomic E-state index is 0.0417. The molecule has 0 bridgehead atoms. The summed E-state index contributed by atoms with van der Waals surface area (Å²) in [5, 5.41) is 13.4. The van der Waals surface area contributed by atoms with Crippen LogP contribution < -0.4 is 10.1 Å². The van der Waals surface area contributed by atoms with Crippen molar-refractivity contribution < 1.29 is 14.5 Å². The zero-order valence-electron chi connectivity index (χ0n) is 13.1. The number of non-ortho nitro benzene ring substituents is 1. The Hall–Kier alpha value is -2.89. The van der Waals surface area contributed by atoms with Gasteiger partial charge in [0.15, 0.2) is 0 Å². The van der Waals surface area contributed by atoms with Gasteiger partial charge < -0.3 is 10.1 Å². The first-order valence-electron chi connectivity index (χ1n) is 7.94. The van der Waals surface area contributed by atoms with Crippen molar-refractivity contribution in [1.82, 2.24) is 0 Å². The van der Waals surface area contributed by atoms with Crippen molar-refractivity contribution in [3.63, 3.8) is 0 Å². The Kier molecular flexibility index (Phi) is 4.74. The summed E-state index contributed by atoms with van der Waals surface area (Å²) in [4.78, 5) is 22.3. The minimum atomic E-state index is -0.495. The van der Waals surface area contributed by atoms with Gasteiger partial charge in [-0.25, -0.2) is 0 Å². The van der Waals surface area contributed by atoms with E-state index in [0.717, 1.165) is 18.6 Å². The molecule has 0 aromatic heterocycles. The highest BCUT2D eigenvalue weighted by atomic mass is 16.6. The Balaban J connectivity index is 1.60. The highest BCUT2D eigenvalue weighted by Crippen LogP contribution is 2.25. The molecule has 1 aliphatic rings. The van der Waals surface area contributed by atoms with Crippen LogP contribution in [0.15, 0.2) is 48.5 Å². The number of carbonyl (C=O) groups excluding carboxylic acids is 1. The third-order valence-electron chi connectivity index (χ3n) is 4.06. The van der Waals surface area contributed by atoms with Gasteiger partial charge in [-0.1, -0.05) is 0 Å². The van der Waals surface area contributed by atoms with Gasteiger partial charge in [-0.3, -0.25) is 14.9 Å². The Bertz CT molecular complexity index is 720. The van der Waals surface area contributed by atoms with E-state index in [2.05, 4.69) is 5.32 Å². The van der Waals surface area contributed by atoms with Gasteiger partial charge in [0.05, 0.1) is 11.0 Å². The summed E-state index contributed by atoms with van der Waals surface area (Å²) < 4.78 is 5.88. The fourth-order valence-electron chi connectivity index (χ4n) is 2.75. The van der Waals surface area contributed by atoms with E-state index in [1.165, 1.54) is 37.1 Å². The van der Waals surface area contributed by atoms with Crippen LogP contribution >= 0.6 is 0 Å². The fraction of sp³-hybridized carbons (Fsp3) is 0.278. The molecular weight excluding hydrogens is 308 g/mol. The number of benzene rings is 2. The quantitative estimate of drug-likeness (QED) is 0.660. The lowest BCUT2D eigenvalue weighted by Crippen LogP contribution is -2.12. The number of rotatable bonds is 5. The van der Waals surface area contributed by atoms with Crippen molar-refractivity contribution in [1.29, 1.82) is 0 Å². The van der Waals surface area contributed by atoms with Gasteiger partial charge in [0.25, 0.3) is 11.6 Å². The number of nitrogens with one attached hydrogen (secondary N) is 1. The van der Waals surface area contributed by atoms with Gasteiger partial charge >= 0.3 is 0 Å². The molecular formula is C18H18N2O4. The molecule has 1 amide bonds. The average molecular weight is 326 g/mol. The number of hydrogen-bond donors (Lipinski definition) is 1. The molecule has 1 fully saturated rings. The molecule has 6 heteroatoms. The van der Waals surface area contributed by atoms with E-state index in [0.29, 0.717) is 17.4 Å². The maximum absolute atomic E-state index is 12.1. The van der Waals surface area contributed by atoms with Gasteiger partial charge in [-0.2, -0.15) is 0 Å². The second-order valence-corrected chi connectivity index (χ2v) is 5.81. The van der Waals surface area contributed by atoms with Crippen LogP contribution in [-0.4, -0.2) is 16.9 Å². The summed E-state index contributed by atoms with van der Waals surface area (Å²) in [5.74, 6) is 0.490. The molecule has 0 atom stereocenters. The Morgan fingerprint density at radius 1 is 1.04 bits per heavy atom. The molecule has 2 aromatic rings.